The van der Waals surface area contributed by atoms with Crippen molar-refractivity contribution in [1.82, 2.24) is 5.32 Å². The summed E-state index contributed by atoms with van der Waals surface area (Å²) in [5.41, 5.74) is 1.40. The average Bonchev–Trinajstić information content (AvgIpc) is 3.01. The van der Waals surface area contributed by atoms with E-state index in [1.54, 1.807) is 48.5 Å². The van der Waals surface area contributed by atoms with Gasteiger partial charge in [0.2, 0.25) is 0 Å². The van der Waals surface area contributed by atoms with Crippen LogP contribution in [0.5, 0.6) is 0 Å². The molecular weight excluding hydrogens is 354 g/mol. The Bertz CT molecular complexity index is 806. The second-order valence-corrected chi connectivity index (χ2v) is 7.10. The SMILES string of the molecule is O=C(COC(=O)c1ccc(C(=O)c2ccccc2)cc1)NC1CCCCCC1. The van der Waals surface area contributed by atoms with Crippen molar-refractivity contribution < 1.29 is 19.1 Å². The molecule has 0 unspecified atom stereocenters. The third-order valence-corrected chi connectivity index (χ3v) is 4.97. The summed E-state index contributed by atoms with van der Waals surface area (Å²) in [6, 6.07) is 15.4. The standard InChI is InChI=1S/C23H25NO4/c25-21(24-20-10-6-1-2-7-11-20)16-28-23(27)19-14-12-18(13-15-19)22(26)17-8-4-3-5-9-17/h3-5,8-9,12-15,20H,1-2,6-7,10-11,16H2,(H,24,25). The van der Waals surface area contributed by atoms with Crippen molar-refractivity contribution in [3.8, 4) is 0 Å². The smallest absolute Gasteiger partial charge is 0.338 e. The van der Waals surface area contributed by atoms with Crippen molar-refractivity contribution >= 4 is 17.7 Å². The number of amides is 1. The largest absolute Gasteiger partial charge is 0.452 e. The fourth-order valence-corrected chi connectivity index (χ4v) is 3.42. The number of hydrogen-bond acceptors (Lipinski definition) is 4. The van der Waals surface area contributed by atoms with E-state index in [1.807, 2.05) is 6.07 Å². The van der Waals surface area contributed by atoms with Gasteiger partial charge in [-0.05, 0) is 25.0 Å². The van der Waals surface area contributed by atoms with Crippen LogP contribution in [0.15, 0.2) is 54.6 Å². The van der Waals surface area contributed by atoms with Crippen LogP contribution in [0.1, 0.15) is 64.8 Å². The number of ether oxygens (including phenoxy) is 1. The van der Waals surface area contributed by atoms with Crippen molar-refractivity contribution in [2.75, 3.05) is 6.61 Å². The first-order valence-corrected chi connectivity index (χ1v) is 9.80. The summed E-state index contributed by atoms with van der Waals surface area (Å²) in [6.07, 6.45) is 6.64. The van der Waals surface area contributed by atoms with E-state index in [1.165, 1.54) is 12.8 Å². The van der Waals surface area contributed by atoms with Crippen LogP contribution in [0.25, 0.3) is 0 Å². The molecule has 0 aromatic heterocycles. The molecule has 0 spiro atoms. The van der Waals surface area contributed by atoms with Gasteiger partial charge in [0.05, 0.1) is 5.56 Å². The molecule has 1 amide bonds. The summed E-state index contributed by atoms with van der Waals surface area (Å²) < 4.78 is 5.11. The minimum atomic E-state index is -0.574. The molecule has 0 saturated heterocycles. The highest BCUT2D eigenvalue weighted by atomic mass is 16.5. The molecule has 1 aliphatic carbocycles. The van der Waals surface area contributed by atoms with E-state index in [-0.39, 0.29) is 24.3 Å². The maximum atomic E-state index is 12.4. The molecule has 0 radical (unpaired) electrons. The fraction of sp³-hybridized carbons (Fsp3) is 0.348. The van der Waals surface area contributed by atoms with E-state index < -0.39 is 5.97 Å². The molecular formula is C23H25NO4. The number of ketones is 1. The highest BCUT2D eigenvalue weighted by Gasteiger charge is 2.17. The van der Waals surface area contributed by atoms with Crippen LogP contribution in [0, 0.1) is 0 Å². The van der Waals surface area contributed by atoms with Crippen LogP contribution in [0.2, 0.25) is 0 Å². The molecule has 5 heteroatoms. The van der Waals surface area contributed by atoms with Crippen molar-refractivity contribution in [1.29, 1.82) is 0 Å². The van der Waals surface area contributed by atoms with Gasteiger partial charge in [-0.3, -0.25) is 9.59 Å². The van der Waals surface area contributed by atoms with Crippen LogP contribution < -0.4 is 5.32 Å². The molecule has 0 heterocycles. The van der Waals surface area contributed by atoms with Crippen molar-refractivity contribution in [2.24, 2.45) is 0 Å². The summed E-state index contributed by atoms with van der Waals surface area (Å²) in [6.45, 7) is -0.292. The molecule has 3 rings (SSSR count). The predicted octanol–water partition coefficient (Wildman–Crippen LogP) is 3.91. The topological polar surface area (TPSA) is 72.5 Å². The fourth-order valence-electron chi connectivity index (χ4n) is 3.42. The van der Waals surface area contributed by atoms with Crippen LogP contribution in [-0.4, -0.2) is 30.3 Å². The summed E-state index contributed by atoms with van der Waals surface area (Å²) in [4.78, 5) is 36.6. The van der Waals surface area contributed by atoms with Crippen LogP contribution >= 0.6 is 0 Å². The maximum absolute atomic E-state index is 12.4. The van der Waals surface area contributed by atoms with Gasteiger partial charge in [-0.2, -0.15) is 0 Å². The van der Waals surface area contributed by atoms with Crippen LogP contribution in [0.3, 0.4) is 0 Å². The Hall–Kier alpha value is -2.95. The zero-order valence-electron chi connectivity index (χ0n) is 15.9. The lowest BCUT2D eigenvalue weighted by Crippen LogP contribution is -2.37. The number of carbonyl (C=O) groups excluding carboxylic acids is 3. The van der Waals surface area contributed by atoms with Gasteiger partial charge in [-0.25, -0.2) is 4.79 Å². The maximum Gasteiger partial charge on any atom is 0.338 e. The van der Waals surface area contributed by atoms with E-state index in [0.717, 1.165) is 25.7 Å². The van der Waals surface area contributed by atoms with Gasteiger partial charge >= 0.3 is 5.97 Å². The average molecular weight is 379 g/mol. The first-order chi connectivity index (χ1) is 13.6. The van der Waals surface area contributed by atoms with Crippen molar-refractivity contribution in [3.05, 3.63) is 71.3 Å². The van der Waals surface area contributed by atoms with E-state index >= 15 is 0 Å². The van der Waals surface area contributed by atoms with Gasteiger partial charge in [0.15, 0.2) is 12.4 Å². The molecule has 5 nitrogen and oxygen atoms in total. The first-order valence-electron chi connectivity index (χ1n) is 9.80. The Morgan fingerprint density at radius 2 is 1.36 bits per heavy atom. The highest BCUT2D eigenvalue weighted by Crippen LogP contribution is 2.17. The van der Waals surface area contributed by atoms with E-state index in [0.29, 0.717) is 16.7 Å². The van der Waals surface area contributed by atoms with Crippen LogP contribution in [-0.2, 0) is 9.53 Å². The highest BCUT2D eigenvalue weighted by molar-refractivity contribution is 6.09. The van der Waals surface area contributed by atoms with Gasteiger partial charge in [-0.15, -0.1) is 0 Å². The molecule has 1 aliphatic rings. The zero-order chi connectivity index (χ0) is 19.8. The lowest BCUT2D eigenvalue weighted by atomic mass is 10.0. The first kappa shape index (κ1) is 19.8. The minimum Gasteiger partial charge on any atom is -0.452 e. The number of hydrogen-bond donors (Lipinski definition) is 1. The van der Waals surface area contributed by atoms with E-state index in [9.17, 15) is 14.4 Å². The lowest BCUT2D eigenvalue weighted by Gasteiger charge is -2.16. The molecule has 28 heavy (non-hydrogen) atoms. The Balaban J connectivity index is 1.50. The molecule has 1 saturated carbocycles. The zero-order valence-corrected chi connectivity index (χ0v) is 15.9. The summed E-state index contributed by atoms with van der Waals surface area (Å²) in [5, 5.41) is 2.95. The number of esters is 1. The van der Waals surface area contributed by atoms with Gasteiger partial charge in [-0.1, -0.05) is 68.1 Å². The summed E-state index contributed by atoms with van der Waals surface area (Å²) in [5.74, 6) is -0.950. The molecule has 2 aromatic carbocycles. The second kappa shape index (κ2) is 9.83. The molecule has 0 aliphatic heterocycles. The Morgan fingerprint density at radius 1 is 0.786 bits per heavy atom. The van der Waals surface area contributed by atoms with Gasteiger partial charge in [0.25, 0.3) is 5.91 Å². The van der Waals surface area contributed by atoms with Crippen LogP contribution in [0.4, 0.5) is 0 Å². The predicted molar refractivity (Wildman–Crippen MR) is 106 cm³/mol. The monoisotopic (exact) mass is 379 g/mol. The molecule has 1 N–H and O–H groups in total. The summed E-state index contributed by atoms with van der Waals surface area (Å²) >= 11 is 0. The Morgan fingerprint density at radius 3 is 2.00 bits per heavy atom. The molecule has 0 atom stereocenters. The Kier molecular flexibility index (Phi) is 6.95. The lowest BCUT2D eigenvalue weighted by molar-refractivity contribution is -0.125. The molecule has 1 fully saturated rings. The van der Waals surface area contributed by atoms with Crippen molar-refractivity contribution in [3.63, 3.8) is 0 Å². The minimum absolute atomic E-state index is 0.108. The normalized spacial score (nSPS) is 14.7. The van der Waals surface area contributed by atoms with Gasteiger partial charge < -0.3 is 10.1 Å². The summed E-state index contributed by atoms with van der Waals surface area (Å²) in [7, 11) is 0. The van der Waals surface area contributed by atoms with Gasteiger partial charge in [0.1, 0.15) is 0 Å². The number of nitrogens with one attached hydrogen (secondary N) is 1. The molecule has 2 aromatic rings. The third-order valence-electron chi connectivity index (χ3n) is 4.97. The Labute approximate surface area is 165 Å². The third kappa shape index (κ3) is 5.52. The quantitative estimate of drug-likeness (QED) is 0.469. The van der Waals surface area contributed by atoms with Crippen molar-refractivity contribution in [2.45, 2.75) is 44.6 Å². The number of carbonyl (C=O) groups is 3. The number of benzene rings is 2. The van der Waals surface area contributed by atoms with E-state index in [2.05, 4.69) is 5.32 Å². The number of rotatable bonds is 6. The molecule has 0 bridgehead atoms. The molecule has 146 valence electrons. The van der Waals surface area contributed by atoms with Gasteiger partial charge in [0, 0.05) is 17.2 Å². The second-order valence-electron chi connectivity index (χ2n) is 7.10. The van der Waals surface area contributed by atoms with E-state index in [4.69, 9.17) is 4.74 Å².